The highest BCUT2D eigenvalue weighted by atomic mass is 35.5. The average Bonchev–Trinajstić information content (AvgIpc) is 2.38. The van der Waals surface area contributed by atoms with E-state index in [2.05, 4.69) is 0 Å². The molecule has 2 N–H and O–H groups in total. The van der Waals surface area contributed by atoms with Gasteiger partial charge in [0.1, 0.15) is 0 Å². The number of carbonyl (C=O) groups is 1. The fraction of sp³-hybridized carbons (Fsp3) is 0.0714. The van der Waals surface area contributed by atoms with Crippen LogP contribution in [0.3, 0.4) is 0 Å². The van der Waals surface area contributed by atoms with Crippen LogP contribution in [0.1, 0.15) is 11.7 Å². The van der Waals surface area contributed by atoms with E-state index < -0.39 is 12.1 Å². The Balaban J connectivity index is 2.45. The van der Waals surface area contributed by atoms with Gasteiger partial charge in [-0.15, -0.1) is 0 Å². The van der Waals surface area contributed by atoms with Gasteiger partial charge in [0.15, 0.2) is 6.10 Å². The third-order valence-corrected chi connectivity index (χ3v) is 2.95. The number of carboxylic acids is 1. The molecular formula is C14H11ClO3. The molecule has 2 aromatic carbocycles. The van der Waals surface area contributed by atoms with Gasteiger partial charge in [0.05, 0.1) is 0 Å². The van der Waals surface area contributed by atoms with Crippen LogP contribution in [-0.4, -0.2) is 16.2 Å². The number of aliphatic carboxylic acids is 1. The van der Waals surface area contributed by atoms with E-state index in [1.807, 2.05) is 24.3 Å². The largest absolute Gasteiger partial charge is 0.479 e. The fourth-order valence-corrected chi connectivity index (χ4v) is 1.96. The van der Waals surface area contributed by atoms with E-state index in [1.165, 1.54) is 0 Å². The van der Waals surface area contributed by atoms with Crippen molar-refractivity contribution in [3.63, 3.8) is 0 Å². The highest BCUT2D eigenvalue weighted by Gasteiger charge is 2.16. The lowest BCUT2D eigenvalue weighted by Gasteiger charge is -2.09. The topological polar surface area (TPSA) is 57.5 Å². The van der Waals surface area contributed by atoms with Gasteiger partial charge in [0, 0.05) is 10.6 Å². The summed E-state index contributed by atoms with van der Waals surface area (Å²) in [6.07, 6.45) is -1.52. The lowest BCUT2D eigenvalue weighted by molar-refractivity contribution is -0.146. The van der Waals surface area contributed by atoms with Gasteiger partial charge in [-0.1, -0.05) is 48.0 Å². The molecule has 2 rings (SSSR count). The van der Waals surface area contributed by atoms with Crippen molar-refractivity contribution in [3.8, 4) is 11.1 Å². The summed E-state index contributed by atoms with van der Waals surface area (Å²) in [5.74, 6) is -1.27. The summed E-state index contributed by atoms with van der Waals surface area (Å²) in [7, 11) is 0. The number of aliphatic hydroxyl groups excluding tert-OH is 1. The van der Waals surface area contributed by atoms with Gasteiger partial charge in [-0.05, 0) is 23.3 Å². The summed E-state index contributed by atoms with van der Waals surface area (Å²) in [5, 5.41) is 18.9. The maximum atomic E-state index is 10.7. The van der Waals surface area contributed by atoms with Crippen molar-refractivity contribution in [2.24, 2.45) is 0 Å². The van der Waals surface area contributed by atoms with Gasteiger partial charge in [-0.2, -0.15) is 0 Å². The molecule has 0 saturated heterocycles. The minimum absolute atomic E-state index is 0.333. The number of hydrogen-bond donors (Lipinski definition) is 2. The van der Waals surface area contributed by atoms with Gasteiger partial charge in [-0.3, -0.25) is 0 Å². The zero-order valence-corrected chi connectivity index (χ0v) is 10.1. The standard InChI is InChI=1S/C14H11ClO3/c15-12-7-2-1-6-11(12)9-4-3-5-10(8-9)13(16)14(17)18/h1-8,13,16H,(H,17,18). The van der Waals surface area contributed by atoms with Crippen molar-refractivity contribution in [2.45, 2.75) is 6.10 Å². The Morgan fingerprint density at radius 1 is 1.11 bits per heavy atom. The molecule has 0 aliphatic heterocycles. The molecule has 1 atom stereocenters. The van der Waals surface area contributed by atoms with E-state index >= 15 is 0 Å². The highest BCUT2D eigenvalue weighted by molar-refractivity contribution is 6.33. The van der Waals surface area contributed by atoms with Gasteiger partial charge in [0.25, 0.3) is 0 Å². The van der Waals surface area contributed by atoms with Gasteiger partial charge >= 0.3 is 5.97 Å². The second-order valence-electron chi connectivity index (χ2n) is 3.85. The molecule has 4 heteroatoms. The van der Waals surface area contributed by atoms with Crippen LogP contribution >= 0.6 is 11.6 Å². The zero-order valence-electron chi connectivity index (χ0n) is 9.38. The van der Waals surface area contributed by atoms with E-state index in [0.717, 1.165) is 11.1 Å². The van der Waals surface area contributed by atoms with E-state index in [9.17, 15) is 9.90 Å². The Hall–Kier alpha value is -1.84. The van der Waals surface area contributed by atoms with Gasteiger partial charge < -0.3 is 10.2 Å². The number of benzene rings is 2. The number of hydrogen-bond acceptors (Lipinski definition) is 2. The Morgan fingerprint density at radius 2 is 1.83 bits per heavy atom. The van der Waals surface area contributed by atoms with E-state index in [-0.39, 0.29) is 0 Å². The normalized spacial score (nSPS) is 12.1. The highest BCUT2D eigenvalue weighted by Crippen LogP contribution is 2.29. The quantitative estimate of drug-likeness (QED) is 0.893. The van der Waals surface area contributed by atoms with Crippen LogP contribution in [0.4, 0.5) is 0 Å². The van der Waals surface area contributed by atoms with Crippen LogP contribution in [0, 0.1) is 0 Å². The number of rotatable bonds is 3. The molecular weight excluding hydrogens is 252 g/mol. The molecule has 0 aliphatic carbocycles. The number of halogens is 1. The van der Waals surface area contributed by atoms with Crippen LogP contribution < -0.4 is 0 Å². The first-order chi connectivity index (χ1) is 8.59. The Morgan fingerprint density at radius 3 is 2.50 bits per heavy atom. The molecule has 1 unspecified atom stereocenters. The Kier molecular flexibility index (Phi) is 3.65. The predicted octanol–water partition coefficient (Wildman–Crippen LogP) is 3.13. The summed E-state index contributed by atoms with van der Waals surface area (Å²) < 4.78 is 0. The average molecular weight is 263 g/mol. The number of aliphatic hydroxyl groups is 1. The Labute approximate surface area is 109 Å². The smallest absolute Gasteiger partial charge is 0.337 e. The van der Waals surface area contributed by atoms with Crippen molar-refractivity contribution in [2.75, 3.05) is 0 Å². The van der Waals surface area contributed by atoms with Crippen molar-refractivity contribution < 1.29 is 15.0 Å². The van der Waals surface area contributed by atoms with Crippen molar-refractivity contribution in [3.05, 3.63) is 59.1 Å². The summed E-state index contributed by atoms with van der Waals surface area (Å²) >= 11 is 6.07. The zero-order chi connectivity index (χ0) is 13.1. The van der Waals surface area contributed by atoms with E-state index in [1.54, 1.807) is 24.3 Å². The molecule has 0 aromatic heterocycles. The van der Waals surface area contributed by atoms with Gasteiger partial charge in [-0.25, -0.2) is 4.79 Å². The van der Waals surface area contributed by atoms with Crippen molar-refractivity contribution in [1.29, 1.82) is 0 Å². The summed E-state index contributed by atoms with van der Waals surface area (Å²) in [6, 6.07) is 14.0. The minimum Gasteiger partial charge on any atom is -0.479 e. The number of carboxylic acid groups (broad SMARTS) is 1. The lowest BCUT2D eigenvalue weighted by Crippen LogP contribution is -2.10. The van der Waals surface area contributed by atoms with Crippen molar-refractivity contribution in [1.82, 2.24) is 0 Å². The molecule has 0 fully saturated rings. The third kappa shape index (κ3) is 2.53. The van der Waals surface area contributed by atoms with Crippen LogP contribution in [0.25, 0.3) is 11.1 Å². The maximum absolute atomic E-state index is 10.7. The van der Waals surface area contributed by atoms with E-state index in [0.29, 0.717) is 10.6 Å². The first-order valence-corrected chi connectivity index (χ1v) is 5.73. The molecule has 2 aromatic rings. The maximum Gasteiger partial charge on any atom is 0.337 e. The third-order valence-electron chi connectivity index (χ3n) is 2.62. The van der Waals surface area contributed by atoms with E-state index in [4.69, 9.17) is 16.7 Å². The minimum atomic E-state index is -1.52. The second kappa shape index (κ2) is 5.21. The van der Waals surface area contributed by atoms with Crippen LogP contribution in [0.5, 0.6) is 0 Å². The monoisotopic (exact) mass is 262 g/mol. The molecule has 0 amide bonds. The molecule has 0 heterocycles. The van der Waals surface area contributed by atoms with Gasteiger partial charge in [0.2, 0.25) is 0 Å². The SMILES string of the molecule is O=C(O)C(O)c1cccc(-c2ccccc2Cl)c1. The molecule has 3 nitrogen and oxygen atoms in total. The lowest BCUT2D eigenvalue weighted by atomic mass is 10.0. The molecule has 0 saturated carbocycles. The molecule has 0 aliphatic rings. The second-order valence-corrected chi connectivity index (χ2v) is 4.25. The van der Waals surface area contributed by atoms with Crippen molar-refractivity contribution >= 4 is 17.6 Å². The molecule has 92 valence electrons. The van der Waals surface area contributed by atoms with Crippen LogP contribution in [0.15, 0.2) is 48.5 Å². The summed E-state index contributed by atoms with van der Waals surface area (Å²) in [4.78, 5) is 10.7. The van der Waals surface area contributed by atoms with Crippen LogP contribution in [0.2, 0.25) is 5.02 Å². The first kappa shape index (κ1) is 12.6. The molecule has 18 heavy (non-hydrogen) atoms. The Bertz CT molecular complexity index is 581. The predicted molar refractivity (Wildman–Crippen MR) is 69.5 cm³/mol. The molecule has 0 spiro atoms. The summed E-state index contributed by atoms with van der Waals surface area (Å²) in [6.45, 7) is 0. The molecule has 0 bridgehead atoms. The van der Waals surface area contributed by atoms with Crippen LogP contribution in [-0.2, 0) is 4.79 Å². The fourth-order valence-electron chi connectivity index (χ4n) is 1.71. The summed E-state index contributed by atoms with van der Waals surface area (Å²) in [5.41, 5.74) is 1.91. The first-order valence-electron chi connectivity index (χ1n) is 5.35. The molecule has 0 radical (unpaired) electrons.